The number of nitrogens with zero attached hydrogens (tertiary/aromatic N) is 1. The summed E-state index contributed by atoms with van der Waals surface area (Å²) in [5.41, 5.74) is 2.70. The first-order valence-corrected chi connectivity index (χ1v) is 3.96. The summed E-state index contributed by atoms with van der Waals surface area (Å²) in [5.74, 6) is 0.583. The van der Waals surface area contributed by atoms with Crippen molar-refractivity contribution in [2.75, 3.05) is 20.8 Å². The SMILES string of the molecule is C=C(/C=C\N/N=C\CCOC)OC. The number of allylic oxidation sites excluding steroid dienone is 1. The molecule has 0 aromatic heterocycles. The summed E-state index contributed by atoms with van der Waals surface area (Å²) < 4.78 is 9.63. The number of rotatable bonds is 7. The molecule has 0 aromatic carbocycles. The average molecular weight is 184 g/mol. The minimum absolute atomic E-state index is 0.583. The van der Waals surface area contributed by atoms with E-state index < -0.39 is 0 Å². The molecule has 0 unspecified atom stereocenters. The Bertz CT molecular complexity index is 188. The van der Waals surface area contributed by atoms with Gasteiger partial charge in [-0.1, -0.05) is 6.58 Å². The molecule has 0 saturated carbocycles. The Hall–Kier alpha value is -1.29. The van der Waals surface area contributed by atoms with Gasteiger partial charge < -0.3 is 9.47 Å². The van der Waals surface area contributed by atoms with Crippen molar-refractivity contribution >= 4 is 6.21 Å². The fraction of sp³-hybridized carbons (Fsp3) is 0.444. The molecule has 4 nitrogen and oxygen atoms in total. The van der Waals surface area contributed by atoms with Gasteiger partial charge in [0, 0.05) is 25.9 Å². The van der Waals surface area contributed by atoms with Crippen LogP contribution >= 0.6 is 0 Å². The zero-order valence-electron chi connectivity index (χ0n) is 8.12. The van der Waals surface area contributed by atoms with Gasteiger partial charge in [0.15, 0.2) is 0 Å². The van der Waals surface area contributed by atoms with Crippen molar-refractivity contribution < 1.29 is 9.47 Å². The van der Waals surface area contributed by atoms with Crippen LogP contribution in [0.5, 0.6) is 0 Å². The molecule has 0 aromatic rings. The van der Waals surface area contributed by atoms with Gasteiger partial charge in [-0.25, -0.2) is 0 Å². The lowest BCUT2D eigenvalue weighted by molar-refractivity contribution is 0.208. The van der Waals surface area contributed by atoms with Crippen LogP contribution in [0.1, 0.15) is 6.42 Å². The van der Waals surface area contributed by atoms with Gasteiger partial charge >= 0.3 is 0 Å². The molecule has 0 rings (SSSR count). The lowest BCUT2D eigenvalue weighted by atomic mass is 10.5. The first-order chi connectivity index (χ1) is 6.31. The molecule has 0 radical (unpaired) electrons. The minimum atomic E-state index is 0.583. The second-order valence-electron chi connectivity index (χ2n) is 2.23. The van der Waals surface area contributed by atoms with Crippen molar-refractivity contribution in [2.45, 2.75) is 6.42 Å². The Kier molecular flexibility index (Phi) is 7.93. The summed E-state index contributed by atoms with van der Waals surface area (Å²) in [6.45, 7) is 4.28. The maximum absolute atomic E-state index is 4.83. The number of hydrogen-bond donors (Lipinski definition) is 1. The molecular weight excluding hydrogens is 168 g/mol. The van der Waals surface area contributed by atoms with Gasteiger partial charge in [-0.15, -0.1) is 0 Å². The van der Waals surface area contributed by atoms with E-state index >= 15 is 0 Å². The highest BCUT2D eigenvalue weighted by Crippen LogP contribution is 1.89. The van der Waals surface area contributed by atoms with Crippen LogP contribution in [-0.4, -0.2) is 27.0 Å². The average Bonchev–Trinajstić information content (AvgIpc) is 2.16. The van der Waals surface area contributed by atoms with Gasteiger partial charge in [-0.3, -0.25) is 5.43 Å². The van der Waals surface area contributed by atoms with Crippen LogP contribution in [0.3, 0.4) is 0 Å². The maximum atomic E-state index is 4.83. The van der Waals surface area contributed by atoms with E-state index in [4.69, 9.17) is 9.47 Å². The predicted octanol–water partition coefficient (Wildman–Crippen LogP) is 1.27. The van der Waals surface area contributed by atoms with E-state index in [9.17, 15) is 0 Å². The summed E-state index contributed by atoms with van der Waals surface area (Å²) in [7, 11) is 3.22. The maximum Gasteiger partial charge on any atom is 0.113 e. The number of methoxy groups -OCH3 is 2. The van der Waals surface area contributed by atoms with Crippen LogP contribution in [0, 0.1) is 0 Å². The highest BCUT2D eigenvalue weighted by Gasteiger charge is 1.79. The summed E-state index contributed by atoms with van der Waals surface area (Å²) in [6, 6.07) is 0. The van der Waals surface area contributed by atoms with E-state index in [1.807, 2.05) is 0 Å². The third kappa shape index (κ3) is 8.62. The van der Waals surface area contributed by atoms with Gasteiger partial charge in [0.2, 0.25) is 0 Å². The Morgan fingerprint density at radius 1 is 1.54 bits per heavy atom. The van der Waals surface area contributed by atoms with Crippen LogP contribution in [0.15, 0.2) is 29.7 Å². The molecule has 0 spiro atoms. The molecule has 0 bridgehead atoms. The van der Waals surface area contributed by atoms with E-state index in [1.165, 1.54) is 0 Å². The van der Waals surface area contributed by atoms with Gasteiger partial charge in [-0.05, 0) is 6.08 Å². The lowest BCUT2D eigenvalue weighted by Crippen LogP contribution is -1.96. The minimum Gasteiger partial charge on any atom is -0.497 e. The van der Waals surface area contributed by atoms with E-state index in [0.717, 1.165) is 6.42 Å². The van der Waals surface area contributed by atoms with Crippen molar-refractivity contribution in [1.29, 1.82) is 0 Å². The van der Waals surface area contributed by atoms with E-state index in [-0.39, 0.29) is 0 Å². The summed E-state index contributed by atoms with van der Waals surface area (Å²) in [5, 5.41) is 3.88. The molecule has 0 saturated heterocycles. The fourth-order valence-corrected chi connectivity index (χ4v) is 0.529. The van der Waals surface area contributed by atoms with Crippen molar-refractivity contribution in [1.82, 2.24) is 5.43 Å². The third-order valence-electron chi connectivity index (χ3n) is 1.22. The van der Waals surface area contributed by atoms with Gasteiger partial charge in [0.1, 0.15) is 5.76 Å². The topological polar surface area (TPSA) is 42.9 Å². The molecule has 0 amide bonds. The predicted molar refractivity (Wildman–Crippen MR) is 53.4 cm³/mol. The molecule has 0 heterocycles. The van der Waals surface area contributed by atoms with E-state index in [1.54, 1.807) is 32.7 Å². The smallest absolute Gasteiger partial charge is 0.113 e. The zero-order chi connectivity index (χ0) is 9.94. The molecule has 1 N–H and O–H groups in total. The number of nitrogens with one attached hydrogen (secondary N) is 1. The molecule has 0 atom stereocenters. The van der Waals surface area contributed by atoms with E-state index in [0.29, 0.717) is 12.4 Å². The molecular formula is C9H16N2O2. The molecule has 4 heteroatoms. The van der Waals surface area contributed by atoms with E-state index in [2.05, 4.69) is 17.1 Å². The first kappa shape index (κ1) is 11.7. The first-order valence-electron chi connectivity index (χ1n) is 3.96. The molecule has 0 aliphatic rings. The lowest BCUT2D eigenvalue weighted by Gasteiger charge is -1.95. The molecule has 0 aliphatic heterocycles. The largest absolute Gasteiger partial charge is 0.497 e. The van der Waals surface area contributed by atoms with Crippen molar-refractivity contribution in [3.05, 3.63) is 24.6 Å². The second-order valence-corrected chi connectivity index (χ2v) is 2.23. The Morgan fingerprint density at radius 3 is 2.92 bits per heavy atom. The van der Waals surface area contributed by atoms with Gasteiger partial charge in [-0.2, -0.15) is 5.10 Å². The molecule has 13 heavy (non-hydrogen) atoms. The van der Waals surface area contributed by atoms with Crippen LogP contribution in [0.4, 0.5) is 0 Å². The standard InChI is InChI=1S/C9H16N2O2/c1-9(13-3)5-7-11-10-6-4-8-12-2/h5-7,11H,1,4,8H2,2-3H3/b7-5-,10-6-. The van der Waals surface area contributed by atoms with Crippen LogP contribution in [0.2, 0.25) is 0 Å². The van der Waals surface area contributed by atoms with Crippen LogP contribution < -0.4 is 5.43 Å². The molecule has 0 fully saturated rings. The summed E-state index contributed by atoms with van der Waals surface area (Å²) in [4.78, 5) is 0. The van der Waals surface area contributed by atoms with Crippen molar-refractivity contribution in [3.8, 4) is 0 Å². The fourth-order valence-electron chi connectivity index (χ4n) is 0.529. The quantitative estimate of drug-likeness (QED) is 0.213. The highest BCUT2D eigenvalue weighted by atomic mass is 16.5. The van der Waals surface area contributed by atoms with Crippen molar-refractivity contribution in [2.24, 2.45) is 5.10 Å². The Labute approximate surface area is 78.9 Å². The van der Waals surface area contributed by atoms with Crippen LogP contribution in [0.25, 0.3) is 0 Å². The normalized spacial score (nSPS) is 10.9. The van der Waals surface area contributed by atoms with Crippen LogP contribution in [-0.2, 0) is 9.47 Å². The summed E-state index contributed by atoms with van der Waals surface area (Å²) >= 11 is 0. The molecule has 0 aliphatic carbocycles. The zero-order valence-corrected chi connectivity index (χ0v) is 8.12. The third-order valence-corrected chi connectivity index (χ3v) is 1.22. The van der Waals surface area contributed by atoms with Crippen molar-refractivity contribution in [3.63, 3.8) is 0 Å². The summed E-state index contributed by atoms with van der Waals surface area (Å²) in [6.07, 6.45) is 5.87. The second kappa shape index (κ2) is 8.80. The number of hydrogen-bond acceptors (Lipinski definition) is 4. The Morgan fingerprint density at radius 2 is 2.31 bits per heavy atom. The molecule has 74 valence electrons. The number of hydrazone groups is 1. The monoisotopic (exact) mass is 184 g/mol. The van der Waals surface area contributed by atoms with Gasteiger partial charge in [0.25, 0.3) is 0 Å². The Balaban J connectivity index is 3.38. The highest BCUT2D eigenvalue weighted by molar-refractivity contribution is 5.56. The van der Waals surface area contributed by atoms with Gasteiger partial charge in [0.05, 0.1) is 13.7 Å². The number of ether oxygens (including phenoxy) is 2.